The zero-order chi connectivity index (χ0) is 19.5. The zero-order valence-corrected chi connectivity index (χ0v) is 20.2. The monoisotopic (exact) mass is 445 g/mol. The second-order valence-electron chi connectivity index (χ2n) is 9.16. The summed E-state index contributed by atoms with van der Waals surface area (Å²) in [5.74, 6) is 1.19. The van der Waals surface area contributed by atoms with Gasteiger partial charge in [-0.05, 0) is 0 Å². The zero-order valence-electron chi connectivity index (χ0n) is 17.7. The molecular formula is C22H39NOSSe. The van der Waals surface area contributed by atoms with E-state index in [4.69, 9.17) is 12.2 Å². The van der Waals surface area contributed by atoms with Crippen molar-refractivity contribution in [1.82, 2.24) is 5.32 Å². The van der Waals surface area contributed by atoms with Gasteiger partial charge in [-0.1, -0.05) is 0 Å². The molecule has 2 bridgehead atoms. The van der Waals surface area contributed by atoms with Gasteiger partial charge < -0.3 is 0 Å². The minimum atomic E-state index is -0.0773. The van der Waals surface area contributed by atoms with E-state index in [-0.39, 0.29) is 10.8 Å². The van der Waals surface area contributed by atoms with Crippen molar-refractivity contribution < 1.29 is 4.79 Å². The maximum atomic E-state index is 13.3. The van der Waals surface area contributed by atoms with E-state index in [1.807, 2.05) is 0 Å². The van der Waals surface area contributed by atoms with Crippen molar-refractivity contribution in [3.8, 4) is 0 Å². The van der Waals surface area contributed by atoms with Gasteiger partial charge in [0.05, 0.1) is 0 Å². The first-order valence-corrected chi connectivity index (χ1v) is 13.1. The van der Waals surface area contributed by atoms with Crippen LogP contribution in [-0.4, -0.2) is 31.8 Å². The summed E-state index contributed by atoms with van der Waals surface area (Å²) in [6.45, 7) is 13.7. The fourth-order valence-corrected chi connectivity index (χ4v) is 10.1. The average Bonchev–Trinajstić information content (AvgIpc) is 2.88. The molecule has 0 aromatic heterocycles. The Hall–Kier alpha value is 0.0795. The topological polar surface area (TPSA) is 29.1 Å². The first kappa shape index (κ1) is 22.4. The Morgan fingerprint density at radius 3 is 2.35 bits per heavy atom. The van der Waals surface area contributed by atoms with Crippen LogP contribution in [0, 0.1) is 16.7 Å². The Morgan fingerprint density at radius 1 is 1.19 bits per heavy atom. The molecule has 2 rings (SSSR count). The fraction of sp³-hybridized carbons (Fsp3) is 0.909. The molecule has 2 nitrogen and oxygen atoms in total. The van der Waals surface area contributed by atoms with Gasteiger partial charge in [-0.2, -0.15) is 0 Å². The van der Waals surface area contributed by atoms with Crippen LogP contribution in [0.4, 0.5) is 0 Å². The molecule has 150 valence electrons. The summed E-state index contributed by atoms with van der Waals surface area (Å²) in [4.78, 5) is 15.3. The summed E-state index contributed by atoms with van der Waals surface area (Å²) in [5.41, 5.74) is 0.102. The van der Waals surface area contributed by atoms with Crippen molar-refractivity contribution in [3.05, 3.63) is 0 Å². The number of ketones is 1. The molecule has 0 aliphatic heterocycles. The standard InChI is InChI=1S/C22H39NOSSe/c1-7-10-16(23-18(25)12-9-3)17(11-8-2)26-19-15-13-14-22(6,20(19)24)21(15,4)5/h15-17,19H,7-14H2,1-6H3,(H,23,25)/t15-,16+,17-,19+,22+/m1/s1. The first-order chi connectivity index (χ1) is 12.2. The number of nitrogens with one attached hydrogen (secondary N) is 1. The predicted molar refractivity (Wildman–Crippen MR) is 117 cm³/mol. The Kier molecular flexibility index (Phi) is 7.79. The third kappa shape index (κ3) is 4.08. The first-order valence-electron chi connectivity index (χ1n) is 10.7. The molecule has 2 aliphatic carbocycles. The molecule has 2 aliphatic rings. The molecule has 0 saturated heterocycles. The minimum absolute atomic E-state index is 0.0773. The Bertz CT molecular complexity index is 520. The summed E-state index contributed by atoms with van der Waals surface area (Å²) in [7, 11) is 0. The molecule has 4 heteroatoms. The van der Waals surface area contributed by atoms with Crippen LogP contribution in [0.25, 0.3) is 0 Å². The van der Waals surface area contributed by atoms with Crippen LogP contribution >= 0.6 is 12.2 Å². The second-order valence-corrected chi connectivity index (χ2v) is 12.6. The molecule has 5 atom stereocenters. The second kappa shape index (κ2) is 9.05. The van der Waals surface area contributed by atoms with E-state index in [0.29, 0.717) is 42.3 Å². The molecule has 26 heavy (non-hydrogen) atoms. The van der Waals surface area contributed by atoms with E-state index in [9.17, 15) is 4.79 Å². The maximum absolute atomic E-state index is 13.3. The van der Waals surface area contributed by atoms with Gasteiger partial charge in [0, 0.05) is 0 Å². The van der Waals surface area contributed by atoms with Gasteiger partial charge >= 0.3 is 173 Å². The summed E-state index contributed by atoms with van der Waals surface area (Å²) < 4.78 is 0. The molecule has 0 radical (unpaired) electrons. The van der Waals surface area contributed by atoms with Crippen molar-refractivity contribution in [1.29, 1.82) is 0 Å². The SMILES string of the molecule is CCCC(=S)N[C@@H](CCC)[C@@H](CCC)[Se][C@@H]1C(=O)[C@]2(C)CC[C@H]1C2(C)C. The molecule has 1 N–H and O–H groups in total. The number of Topliss-reactive ketones (excluding diaryl/α,β-unsaturated/α-hetero) is 1. The van der Waals surface area contributed by atoms with Crippen LogP contribution in [0.15, 0.2) is 0 Å². The van der Waals surface area contributed by atoms with E-state index >= 15 is 0 Å². The quantitative estimate of drug-likeness (QED) is 0.332. The van der Waals surface area contributed by atoms with E-state index in [0.717, 1.165) is 24.3 Å². The van der Waals surface area contributed by atoms with Crippen LogP contribution < -0.4 is 5.32 Å². The van der Waals surface area contributed by atoms with E-state index in [1.54, 1.807) is 0 Å². The van der Waals surface area contributed by atoms with Crippen LogP contribution in [0.5, 0.6) is 0 Å². The van der Waals surface area contributed by atoms with E-state index in [1.165, 1.54) is 32.1 Å². The summed E-state index contributed by atoms with van der Waals surface area (Å²) in [5, 5.41) is 3.70. The number of carbonyl (C=O) groups excluding carboxylic acids is 1. The predicted octanol–water partition coefficient (Wildman–Crippen LogP) is 5.98. The van der Waals surface area contributed by atoms with Crippen molar-refractivity contribution in [2.75, 3.05) is 0 Å². The molecule has 2 fully saturated rings. The number of carbonyl (C=O) groups is 1. The number of fused-ring (bicyclic) bond motifs is 2. The third-order valence-electron chi connectivity index (χ3n) is 7.24. The molecule has 0 heterocycles. The van der Waals surface area contributed by atoms with E-state index < -0.39 is 0 Å². The number of hydrogen-bond acceptors (Lipinski definition) is 2. The summed E-state index contributed by atoms with van der Waals surface area (Å²) in [6, 6.07) is 0.460. The molecule has 0 aromatic rings. The Labute approximate surface area is 173 Å². The van der Waals surface area contributed by atoms with Gasteiger partial charge in [0.2, 0.25) is 0 Å². The average molecular weight is 445 g/mol. The van der Waals surface area contributed by atoms with Crippen molar-refractivity contribution in [3.63, 3.8) is 0 Å². The molecule has 2 saturated carbocycles. The van der Waals surface area contributed by atoms with Gasteiger partial charge in [0.1, 0.15) is 0 Å². The summed E-state index contributed by atoms with van der Waals surface area (Å²) in [6.07, 6.45) is 9.20. The fourth-order valence-electron chi connectivity index (χ4n) is 5.17. The Balaban J connectivity index is 2.16. The van der Waals surface area contributed by atoms with Gasteiger partial charge in [-0.15, -0.1) is 0 Å². The van der Waals surface area contributed by atoms with Crippen LogP contribution in [0.2, 0.25) is 9.63 Å². The van der Waals surface area contributed by atoms with Gasteiger partial charge in [-0.25, -0.2) is 0 Å². The van der Waals surface area contributed by atoms with Gasteiger partial charge in [-0.3, -0.25) is 0 Å². The molecule has 0 spiro atoms. The number of rotatable bonds is 10. The van der Waals surface area contributed by atoms with Crippen molar-refractivity contribution >= 4 is 37.9 Å². The normalized spacial score (nSPS) is 31.8. The van der Waals surface area contributed by atoms with Gasteiger partial charge in [0.25, 0.3) is 0 Å². The molecule has 0 aromatic carbocycles. The van der Waals surface area contributed by atoms with Crippen molar-refractivity contribution in [2.45, 2.75) is 109 Å². The van der Waals surface area contributed by atoms with Crippen LogP contribution in [0.1, 0.15) is 92.9 Å². The third-order valence-corrected chi connectivity index (χ3v) is 11.2. The van der Waals surface area contributed by atoms with E-state index in [2.05, 4.69) is 46.9 Å². The number of hydrogen-bond donors (Lipinski definition) is 1. The van der Waals surface area contributed by atoms with Crippen LogP contribution in [-0.2, 0) is 4.79 Å². The Morgan fingerprint density at radius 2 is 1.85 bits per heavy atom. The molecular weight excluding hydrogens is 405 g/mol. The van der Waals surface area contributed by atoms with Gasteiger partial charge in [0.15, 0.2) is 0 Å². The number of thiocarbonyl (C=S) groups is 1. The van der Waals surface area contributed by atoms with Crippen LogP contribution in [0.3, 0.4) is 0 Å². The molecule has 0 unspecified atom stereocenters. The van der Waals surface area contributed by atoms with Crippen molar-refractivity contribution in [2.24, 2.45) is 16.7 Å². The molecule has 0 amide bonds. The summed E-state index contributed by atoms with van der Waals surface area (Å²) >= 11 is 5.95.